The minimum Gasteiger partial charge on any atom is -0.490 e. The lowest BCUT2D eigenvalue weighted by molar-refractivity contribution is -0.384. The number of unbranched alkanes of at least 4 members (excludes halogenated alkanes) is 2. The van der Waals surface area contributed by atoms with Gasteiger partial charge in [-0.25, -0.2) is 4.79 Å². The van der Waals surface area contributed by atoms with Crippen LogP contribution in [0, 0.1) is 27.9 Å². The van der Waals surface area contributed by atoms with Crippen LogP contribution < -0.4 is 14.2 Å². The van der Waals surface area contributed by atoms with Crippen LogP contribution in [-0.2, 0) is 9.57 Å². The lowest BCUT2D eigenvalue weighted by Gasteiger charge is -2.59. The van der Waals surface area contributed by atoms with Crippen molar-refractivity contribution in [3.8, 4) is 17.2 Å². The molecule has 52 heavy (non-hydrogen) atoms. The minimum absolute atomic E-state index is 0.0583. The van der Waals surface area contributed by atoms with Gasteiger partial charge in [0.05, 0.1) is 23.2 Å². The van der Waals surface area contributed by atoms with E-state index in [4.69, 9.17) is 23.8 Å². The lowest BCUT2D eigenvalue weighted by atomic mass is 9.55. The highest BCUT2D eigenvalue weighted by Gasteiger charge is 2.65. The van der Waals surface area contributed by atoms with E-state index in [0.717, 1.165) is 36.8 Å². The Morgan fingerprint density at radius 2 is 1.75 bits per heavy atom. The molecule has 0 radical (unpaired) electrons. The lowest BCUT2D eigenvalue weighted by Crippen LogP contribution is -2.69. The van der Waals surface area contributed by atoms with E-state index in [1.165, 1.54) is 36.3 Å². The Labute approximate surface area is 304 Å². The molecule has 5 rings (SSSR count). The highest BCUT2D eigenvalue weighted by Crippen LogP contribution is 2.61. The van der Waals surface area contributed by atoms with Crippen LogP contribution >= 0.6 is 0 Å². The van der Waals surface area contributed by atoms with E-state index in [-0.39, 0.29) is 55.4 Å². The molecule has 1 heterocycles. The zero-order valence-corrected chi connectivity index (χ0v) is 29.9. The third kappa shape index (κ3) is 8.01. The van der Waals surface area contributed by atoms with Crippen molar-refractivity contribution in [3.05, 3.63) is 95.1 Å². The molecular formula is C39H49N3O10. The Balaban J connectivity index is 1.68. The van der Waals surface area contributed by atoms with Gasteiger partial charge in [-0.1, -0.05) is 42.8 Å². The fourth-order valence-electron chi connectivity index (χ4n) is 8.02. The van der Waals surface area contributed by atoms with Gasteiger partial charge in [0.25, 0.3) is 5.69 Å². The molecule has 1 saturated carbocycles. The number of nitrogens with zero attached hydrogens (tertiary/aromatic N) is 3. The predicted octanol–water partition coefficient (Wildman–Crippen LogP) is 6.55. The molecule has 0 saturated heterocycles. The summed E-state index contributed by atoms with van der Waals surface area (Å²) in [5, 5.41) is 35.2. The number of aliphatic hydroxyl groups is 2. The van der Waals surface area contributed by atoms with Gasteiger partial charge in [-0.2, -0.15) is 0 Å². The Morgan fingerprint density at radius 1 is 1.06 bits per heavy atom. The molecule has 13 nitrogen and oxygen atoms in total. The molecule has 13 heteroatoms. The molecule has 2 aromatic rings. The first-order valence-corrected chi connectivity index (χ1v) is 17.8. The molecule has 1 aliphatic heterocycles. The molecule has 0 bridgehead atoms. The van der Waals surface area contributed by atoms with Gasteiger partial charge in [0.1, 0.15) is 37.0 Å². The standard InChI is InChI=1S/C39H49N3O10/c1-5-21-49-29-17-18-34-32(24-29)36-30(12-8-10-20-44)26(11-7-9-19-43)23-31-33(40-48-4)25-35(39(52-34,37(31)36)50-22-6-2)41(3)38(45)51-28-15-13-27(14-16-28)42(46)47/h5-6,13-18,23-24,26,30,35-37,43-44H,1-2,7-12,19-22,25H2,3-4H3. The van der Waals surface area contributed by atoms with E-state index in [1.807, 2.05) is 18.2 Å². The summed E-state index contributed by atoms with van der Waals surface area (Å²) >= 11 is 0. The first-order valence-electron chi connectivity index (χ1n) is 17.8. The van der Waals surface area contributed by atoms with Crippen molar-refractivity contribution >= 4 is 17.5 Å². The highest BCUT2D eigenvalue weighted by molar-refractivity contribution is 6.03. The van der Waals surface area contributed by atoms with Gasteiger partial charge in [0.2, 0.25) is 5.79 Å². The Kier molecular flexibility index (Phi) is 13.1. The monoisotopic (exact) mass is 719 g/mol. The number of nitro benzene ring substituents is 1. The van der Waals surface area contributed by atoms with Gasteiger partial charge in [-0.3, -0.25) is 10.1 Å². The molecule has 280 valence electrons. The van der Waals surface area contributed by atoms with Crippen LogP contribution in [-0.4, -0.2) is 84.3 Å². The van der Waals surface area contributed by atoms with Crippen molar-refractivity contribution in [2.75, 3.05) is 40.6 Å². The van der Waals surface area contributed by atoms with E-state index in [1.54, 1.807) is 19.2 Å². The first-order chi connectivity index (χ1) is 25.2. The summed E-state index contributed by atoms with van der Waals surface area (Å²) in [6.07, 6.45) is 9.60. The van der Waals surface area contributed by atoms with Crippen molar-refractivity contribution in [3.63, 3.8) is 0 Å². The number of aliphatic hydroxyl groups excluding tert-OH is 2. The summed E-state index contributed by atoms with van der Waals surface area (Å²) in [5.74, 6) is -0.597. The zero-order chi connectivity index (χ0) is 37.3. The van der Waals surface area contributed by atoms with Crippen LogP contribution in [0.2, 0.25) is 0 Å². The number of allylic oxidation sites excluding steroid dienone is 1. The van der Waals surface area contributed by atoms with Gasteiger partial charge in [-0.05, 0) is 73.4 Å². The van der Waals surface area contributed by atoms with Gasteiger partial charge in [0, 0.05) is 50.3 Å². The van der Waals surface area contributed by atoms with Crippen LogP contribution in [0.1, 0.15) is 56.4 Å². The van der Waals surface area contributed by atoms with Crippen LogP contribution in [0.15, 0.2) is 84.6 Å². The zero-order valence-electron chi connectivity index (χ0n) is 29.9. The van der Waals surface area contributed by atoms with Crippen LogP contribution in [0.25, 0.3) is 0 Å². The summed E-state index contributed by atoms with van der Waals surface area (Å²) < 4.78 is 25.6. The fourth-order valence-corrected chi connectivity index (χ4v) is 8.02. The maximum Gasteiger partial charge on any atom is 0.415 e. The summed E-state index contributed by atoms with van der Waals surface area (Å²) in [7, 11) is 3.09. The van der Waals surface area contributed by atoms with E-state index in [9.17, 15) is 25.1 Å². The molecule has 2 aromatic carbocycles. The number of nitro groups is 1. The topological polar surface area (TPSA) is 162 Å². The maximum absolute atomic E-state index is 13.9. The molecule has 0 spiro atoms. The second-order valence-corrected chi connectivity index (χ2v) is 13.3. The van der Waals surface area contributed by atoms with E-state index >= 15 is 0 Å². The van der Waals surface area contributed by atoms with Gasteiger partial charge >= 0.3 is 6.09 Å². The van der Waals surface area contributed by atoms with E-state index < -0.39 is 28.8 Å². The number of fused-ring (bicyclic) bond motifs is 2. The first kappa shape index (κ1) is 38.5. The fraction of sp³-hybridized carbons (Fsp3) is 0.487. The molecule has 6 unspecified atom stereocenters. The number of hydrogen-bond donors (Lipinski definition) is 2. The average Bonchev–Trinajstić information content (AvgIpc) is 3.14. The van der Waals surface area contributed by atoms with Crippen molar-refractivity contribution in [2.45, 2.75) is 62.7 Å². The number of amides is 1. The summed E-state index contributed by atoms with van der Waals surface area (Å²) in [4.78, 5) is 31.5. The summed E-state index contributed by atoms with van der Waals surface area (Å²) in [5.41, 5.74) is 2.35. The predicted molar refractivity (Wildman–Crippen MR) is 195 cm³/mol. The molecule has 1 amide bonds. The average molecular weight is 720 g/mol. The third-order valence-corrected chi connectivity index (χ3v) is 10.2. The molecule has 0 aromatic heterocycles. The van der Waals surface area contributed by atoms with Crippen molar-refractivity contribution in [1.82, 2.24) is 4.90 Å². The molecular weight excluding hydrogens is 670 g/mol. The van der Waals surface area contributed by atoms with Gasteiger partial charge in [-0.15, -0.1) is 6.58 Å². The third-order valence-electron chi connectivity index (χ3n) is 10.2. The van der Waals surface area contributed by atoms with Crippen LogP contribution in [0.4, 0.5) is 10.5 Å². The largest absolute Gasteiger partial charge is 0.490 e. The van der Waals surface area contributed by atoms with Crippen LogP contribution in [0.5, 0.6) is 17.2 Å². The number of ether oxygens (including phenoxy) is 4. The number of carbonyl (C=O) groups excluding carboxylic acids is 1. The van der Waals surface area contributed by atoms with E-state index in [2.05, 4.69) is 24.4 Å². The maximum atomic E-state index is 13.9. The minimum atomic E-state index is -1.44. The molecule has 2 aliphatic carbocycles. The quantitative estimate of drug-likeness (QED) is 0.0748. The number of benzene rings is 2. The van der Waals surface area contributed by atoms with E-state index in [0.29, 0.717) is 36.7 Å². The van der Waals surface area contributed by atoms with Crippen molar-refractivity contribution in [2.24, 2.45) is 22.9 Å². The number of carbonyl (C=O) groups is 1. The SMILES string of the molecule is C=CCOc1ccc2c(c1)C1C(CCCCO)C(CCCCO)C=C3C(=NOC)CC(N(C)C(=O)Oc4ccc([N+](=O)[O-])cc4)C(OCC=C)(O2)C31. The van der Waals surface area contributed by atoms with Gasteiger partial charge in [0.15, 0.2) is 0 Å². The van der Waals surface area contributed by atoms with Crippen molar-refractivity contribution < 1.29 is 43.7 Å². The summed E-state index contributed by atoms with van der Waals surface area (Å²) in [6, 6.07) is 10.2. The number of oxime groups is 1. The molecule has 3 aliphatic rings. The smallest absolute Gasteiger partial charge is 0.415 e. The number of rotatable bonds is 18. The highest BCUT2D eigenvalue weighted by atomic mass is 16.7. The summed E-state index contributed by atoms with van der Waals surface area (Å²) in [6.45, 7) is 8.33. The number of likely N-dealkylation sites (N-methyl/N-ethyl adjacent to an activating group) is 1. The Hall–Kier alpha value is -4.72. The van der Waals surface area contributed by atoms with Crippen LogP contribution in [0.3, 0.4) is 0 Å². The van der Waals surface area contributed by atoms with Crippen molar-refractivity contribution in [1.29, 1.82) is 0 Å². The normalized spacial score (nSPS) is 25.1. The molecule has 2 N–H and O–H groups in total. The molecule has 6 atom stereocenters. The number of hydrogen-bond acceptors (Lipinski definition) is 11. The number of non-ortho nitro benzene ring substituents is 1. The van der Waals surface area contributed by atoms with Gasteiger partial charge < -0.3 is 38.9 Å². The Morgan fingerprint density at radius 3 is 2.40 bits per heavy atom. The Bertz CT molecular complexity index is 1640. The second-order valence-electron chi connectivity index (χ2n) is 13.3. The molecule has 1 fully saturated rings. The second kappa shape index (κ2) is 17.7.